The average molecular weight is 469 g/mol. The molecule has 0 heterocycles. The number of rotatable bonds is 8. The molecule has 4 rings (SSSR count). The average Bonchev–Trinajstić information content (AvgIpc) is 2.90. The van der Waals surface area contributed by atoms with E-state index < -0.39 is 0 Å². The molecule has 176 valence electrons. The molecule has 4 aromatic carbocycles. The topological polar surface area (TPSA) is 101 Å². The van der Waals surface area contributed by atoms with E-state index in [1.54, 1.807) is 72.8 Å². The predicted molar refractivity (Wildman–Crippen MR) is 132 cm³/mol. The lowest BCUT2D eigenvalue weighted by Crippen LogP contribution is -2.15. The van der Waals surface area contributed by atoms with Crippen LogP contribution in [0.3, 0.4) is 0 Å². The molecule has 0 unspecified atom stereocenters. The van der Waals surface area contributed by atoms with Gasteiger partial charge < -0.3 is 14.9 Å². The van der Waals surface area contributed by atoms with E-state index in [0.717, 1.165) is 6.07 Å². The van der Waals surface area contributed by atoms with E-state index in [2.05, 4.69) is 0 Å². The Morgan fingerprint density at radius 2 is 1.00 bits per heavy atom. The Hall–Kier alpha value is -4.55. The molecule has 0 bridgehead atoms. The first-order valence-corrected chi connectivity index (χ1v) is 10.8. The van der Waals surface area contributed by atoms with E-state index in [4.69, 9.17) is 9.84 Å². The van der Waals surface area contributed by atoms with Crippen molar-refractivity contribution in [2.24, 2.45) is 0 Å². The molecule has 6 heteroatoms. The number of carbonyl (C=O) groups is 3. The van der Waals surface area contributed by atoms with Crippen molar-refractivity contribution in [3.05, 3.63) is 131 Å². The van der Waals surface area contributed by atoms with Crippen molar-refractivity contribution >= 4 is 17.3 Å². The highest BCUT2D eigenvalue weighted by Gasteiger charge is 2.13. The maximum atomic E-state index is 11.9. The van der Waals surface area contributed by atoms with Gasteiger partial charge >= 0.3 is 0 Å². The molecule has 0 atom stereocenters. The van der Waals surface area contributed by atoms with Crippen LogP contribution in [0.15, 0.2) is 109 Å². The number of ether oxygens (including phenoxy) is 1. The van der Waals surface area contributed by atoms with Gasteiger partial charge in [-0.3, -0.25) is 14.4 Å². The fraction of sp³-hybridized carbons (Fsp3) is 0.0690. The molecule has 0 radical (unpaired) electrons. The van der Waals surface area contributed by atoms with Gasteiger partial charge in [0, 0.05) is 22.8 Å². The summed E-state index contributed by atoms with van der Waals surface area (Å²) in [6.45, 7) is -0.162. The molecule has 35 heavy (non-hydrogen) atoms. The molecule has 0 aliphatic carbocycles. The Bertz CT molecular complexity index is 1220. The maximum Gasteiger partial charge on any atom is 0.196 e. The lowest BCUT2D eigenvalue weighted by Gasteiger charge is -2.04. The summed E-state index contributed by atoms with van der Waals surface area (Å²) >= 11 is 0. The molecular formula is C29H24O6. The van der Waals surface area contributed by atoms with Crippen LogP contribution in [0, 0.1) is 0 Å². The molecule has 4 aromatic rings. The minimum absolute atomic E-state index is 0.0675. The molecule has 0 aliphatic heterocycles. The molecule has 0 aromatic heterocycles. The highest BCUT2D eigenvalue weighted by Crippen LogP contribution is 2.24. The predicted octanol–water partition coefficient (Wildman–Crippen LogP) is 5.10. The molecule has 0 saturated heterocycles. The normalized spacial score (nSPS) is 10.1. The van der Waals surface area contributed by atoms with Crippen LogP contribution in [0.25, 0.3) is 0 Å². The highest BCUT2D eigenvalue weighted by molar-refractivity contribution is 6.10. The molecule has 2 N–H and O–H groups in total. The Labute approximate surface area is 203 Å². The third-order valence-electron chi connectivity index (χ3n) is 4.92. The Morgan fingerprint density at radius 3 is 1.43 bits per heavy atom. The fourth-order valence-corrected chi connectivity index (χ4v) is 3.11. The van der Waals surface area contributed by atoms with Crippen molar-refractivity contribution < 1.29 is 29.3 Å². The highest BCUT2D eigenvalue weighted by atomic mass is 16.5. The van der Waals surface area contributed by atoms with Gasteiger partial charge in [-0.2, -0.15) is 0 Å². The Balaban J connectivity index is 0.000000198. The summed E-state index contributed by atoms with van der Waals surface area (Å²) in [5.41, 5.74) is 1.87. The van der Waals surface area contributed by atoms with Crippen molar-refractivity contribution in [1.82, 2.24) is 0 Å². The van der Waals surface area contributed by atoms with Crippen LogP contribution in [0.5, 0.6) is 11.5 Å². The fourth-order valence-electron chi connectivity index (χ4n) is 3.11. The van der Waals surface area contributed by atoms with Crippen LogP contribution in [-0.2, 0) is 4.74 Å². The number of phenols is 2. The molecule has 0 fully saturated rings. The monoisotopic (exact) mass is 468 g/mol. The van der Waals surface area contributed by atoms with E-state index in [1.165, 1.54) is 12.1 Å². The molecular weight excluding hydrogens is 444 g/mol. The van der Waals surface area contributed by atoms with E-state index in [1.807, 2.05) is 18.2 Å². The van der Waals surface area contributed by atoms with Gasteiger partial charge in [-0.05, 0) is 12.1 Å². The number of carbonyl (C=O) groups excluding carboxylic acids is 3. The number of aromatic hydroxyl groups is 2. The first-order valence-electron chi connectivity index (χ1n) is 10.8. The minimum atomic E-state index is -0.266. The lowest BCUT2D eigenvalue weighted by molar-refractivity contribution is 0.0672. The molecule has 0 aliphatic rings. The van der Waals surface area contributed by atoms with Crippen molar-refractivity contribution in [2.45, 2.75) is 0 Å². The third kappa shape index (κ3) is 7.48. The largest absolute Gasteiger partial charge is 0.508 e. The quantitative estimate of drug-likeness (QED) is 0.349. The molecule has 0 amide bonds. The third-order valence-corrected chi connectivity index (χ3v) is 4.92. The zero-order valence-electron chi connectivity index (χ0n) is 18.8. The van der Waals surface area contributed by atoms with Gasteiger partial charge in [-0.25, -0.2) is 0 Å². The van der Waals surface area contributed by atoms with E-state index >= 15 is 0 Å². The van der Waals surface area contributed by atoms with Gasteiger partial charge in [-0.1, -0.05) is 91.0 Å². The van der Waals surface area contributed by atoms with Crippen LogP contribution in [0.4, 0.5) is 0 Å². The van der Waals surface area contributed by atoms with Gasteiger partial charge in [0.15, 0.2) is 17.3 Å². The molecule has 6 nitrogen and oxygen atoms in total. The molecule has 0 spiro atoms. The van der Waals surface area contributed by atoms with Gasteiger partial charge in [0.25, 0.3) is 0 Å². The van der Waals surface area contributed by atoms with Crippen molar-refractivity contribution in [3.8, 4) is 11.5 Å². The lowest BCUT2D eigenvalue weighted by atomic mass is 10.0. The number of hydrogen-bond acceptors (Lipinski definition) is 6. The number of benzene rings is 4. The minimum Gasteiger partial charge on any atom is -0.508 e. The molecule has 0 saturated carbocycles. The summed E-state index contributed by atoms with van der Waals surface area (Å²) in [5, 5.41) is 18.7. The van der Waals surface area contributed by atoms with Crippen molar-refractivity contribution in [2.75, 3.05) is 13.2 Å². The first-order chi connectivity index (χ1) is 17.0. The summed E-state index contributed by atoms with van der Waals surface area (Å²) in [6.07, 6.45) is 0. The second-order valence-corrected chi connectivity index (χ2v) is 7.47. The summed E-state index contributed by atoms with van der Waals surface area (Å²) < 4.78 is 5.17. The first kappa shape index (κ1) is 25.1. The summed E-state index contributed by atoms with van der Waals surface area (Å²) in [6, 6.07) is 30.4. The zero-order valence-corrected chi connectivity index (χ0v) is 18.8. The number of phenolic OH excluding ortho intramolecular Hbond substituents is 2. The number of Topliss-reactive ketones (excluding diaryl/α,β-unsaturated/α-hetero) is 2. The van der Waals surface area contributed by atoms with Gasteiger partial charge in [0.1, 0.15) is 24.7 Å². The van der Waals surface area contributed by atoms with Crippen LogP contribution < -0.4 is 0 Å². The van der Waals surface area contributed by atoms with Gasteiger partial charge in [0.05, 0.1) is 5.56 Å². The maximum absolute atomic E-state index is 11.9. The second-order valence-electron chi connectivity index (χ2n) is 7.47. The van der Waals surface area contributed by atoms with Gasteiger partial charge in [0.2, 0.25) is 0 Å². The smallest absolute Gasteiger partial charge is 0.196 e. The zero-order chi connectivity index (χ0) is 25.0. The van der Waals surface area contributed by atoms with Crippen LogP contribution in [0.1, 0.15) is 36.6 Å². The van der Waals surface area contributed by atoms with E-state index in [-0.39, 0.29) is 47.6 Å². The summed E-state index contributed by atoms with van der Waals surface area (Å²) in [7, 11) is 0. The standard InChI is InChI=1S/C16H14O3.C13H10O3/c17-15(13-7-3-1-4-8-13)11-19-12-16(18)14-9-5-2-6-10-14;14-10-6-7-11(12(15)8-10)13(16)9-4-2-1-3-5-9/h1-10H,11-12H2;1-8,14-15H. The van der Waals surface area contributed by atoms with Crippen LogP contribution >= 0.6 is 0 Å². The van der Waals surface area contributed by atoms with Crippen molar-refractivity contribution in [3.63, 3.8) is 0 Å². The second kappa shape index (κ2) is 12.6. The number of hydrogen-bond donors (Lipinski definition) is 2. The number of ketones is 3. The van der Waals surface area contributed by atoms with Crippen LogP contribution in [0.2, 0.25) is 0 Å². The van der Waals surface area contributed by atoms with Crippen molar-refractivity contribution in [1.29, 1.82) is 0 Å². The van der Waals surface area contributed by atoms with Gasteiger partial charge in [-0.15, -0.1) is 0 Å². The summed E-state index contributed by atoms with van der Waals surface area (Å²) in [4.78, 5) is 35.4. The van der Waals surface area contributed by atoms with E-state index in [0.29, 0.717) is 16.7 Å². The summed E-state index contributed by atoms with van der Waals surface area (Å²) in [5.74, 6) is -0.794. The van der Waals surface area contributed by atoms with Crippen LogP contribution in [-0.4, -0.2) is 40.8 Å². The Kier molecular flexibility index (Phi) is 9.05. The van der Waals surface area contributed by atoms with E-state index in [9.17, 15) is 19.5 Å². The SMILES string of the molecule is O=C(COCC(=O)c1ccccc1)c1ccccc1.O=C(c1ccccc1)c1ccc(O)cc1O. The Morgan fingerprint density at radius 1 is 0.571 bits per heavy atom.